The molecule has 0 bridgehead atoms. The molecule has 2 aromatic rings. The number of benzene rings is 1. The molecule has 0 unspecified atom stereocenters. The normalized spacial score (nSPS) is 14.4. The zero-order valence-electron chi connectivity index (χ0n) is 10.4. The summed E-state index contributed by atoms with van der Waals surface area (Å²) < 4.78 is 0. The van der Waals surface area contributed by atoms with Crippen LogP contribution in [0.25, 0.3) is 0 Å². The van der Waals surface area contributed by atoms with Gasteiger partial charge >= 0.3 is 0 Å². The van der Waals surface area contributed by atoms with Crippen molar-refractivity contribution in [3.05, 3.63) is 52.7 Å². The second-order valence-electron chi connectivity index (χ2n) is 4.72. The van der Waals surface area contributed by atoms with Gasteiger partial charge in [-0.2, -0.15) is 0 Å². The Morgan fingerprint density at radius 3 is 2.89 bits per heavy atom. The Kier molecular flexibility index (Phi) is 2.96. The Morgan fingerprint density at radius 2 is 2.11 bits per heavy atom. The summed E-state index contributed by atoms with van der Waals surface area (Å²) in [7, 11) is 0. The lowest BCUT2D eigenvalue weighted by atomic mass is 9.99. The lowest BCUT2D eigenvalue weighted by molar-refractivity contribution is 0.759. The fourth-order valence-corrected chi connectivity index (χ4v) is 2.60. The van der Waals surface area contributed by atoms with E-state index >= 15 is 0 Å². The van der Waals surface area contributed by atoms with E-state index in [1.807, 2.05) is 12.1 Å². The predicted octanol–water partition coefficient (Wildman–Crippen LogP) is 4.13. The fourth-order valence-electron chi connectivity index (χ4n) is 2.49. The van der Waals surface area contributed by atoms with Gasteiger partial charge in [0.25, 0.3) is 0 Å². The summed E-state index contributed by atoms with van der Waals surface area (Å²) in [6.07, 6.45) is 4.03. The van der Waals surface area contributed by atoms with E-state index in [0.29, 0.717) is 5.02 Å². The number of aryl methyl sites for hydroxylation is 2. The van der Waals surface area contributed by atoms with Crippen LogP contribution in [0.1, 0.15) is 17.5 Å². The first-order valence-corrected chi connectivity index (χ1v) is 6.60. The van der Waals surface area contributed by atoms with Crippen molar-refractivity contribution in [1.29, 1.82) is 0 Å². The largest absolute Gasteiger partial charge is 0.326 e. The van der Waals surface area contributed by atoms with E-state index in [1.54, 1.807) is 6.20 Å². The van der Waals surface area contributed by atoms with E-state index in [4.69, 9.17) is 11.6 Å². The van der Waals surface area contributed by atoms with E-state index in [1.165, 1.54) is 23.2 Å². The van der Waals surface area contributed by atoms with Gasteiger partial charge in [0.1, 0.15) is 5.82 Å². The summed E-state index contributed by atoms with van der Waals surface area (Å²) in [4.78, 5) is 6.69. The second-order valence-corrected chi connectivity index (χ2v) is 5.16. The third kappa shape index (κ3) is 2.08. The molecule has 0 aliphatic carbocycles. The number of halogens is 1. The van der Waals surface area contributed by atoms with Crippen molar-refractivity contribution in [2.75, 3.05) is 11.4 Å². The molecule has 2 nitrogen and oxygen atoms in total. The zero-order chi connectivity index (χ0) is 12.5. The van der Waals surface area contributed by atoms with Crippen molar-refractivity contribution in [2.45, 2.75) is 19.8 Å². The Balaban J connectivity index is 2.03. The first kappa shape index (κ1) is 11.5. The van der Waals surface area contributed by atoms with Gasteiger partial charge in [-0.15, -0.1) is 0 Å². The van der Waals surface area contributed by atoms with Crippen molar-refractivity contribution in [3.63, 3.8) is 0 Å². The fraction of sp³-hybridized carbons (Fsp3) is 0.267. The molecule has 18 heavy (non-hydrogen) atoms. The molecule has 1 aromatic heterocycles. The number of fused-ring (bicyclic) bond motifs is 1. The molecule has 0 saturated carbocycles. The molecule has 0 spiro atoms. The summed E-state index contributed by atoms with van der Waals surface area (Å²) >= 11 is 5.89. The lowest BCUT2D eigenvalue weighted by Crippen LogP contribution is -2.25. The molecule has 0 saturated heterocycles. The summed E-state index contributed by atoms with van der Waals surface area (Å²) in [5.74, 6) is 0.976. The average molecular weight is 259 g/mol. The van der Waals surface area contributed by atoms with Crippen molar-refractivity contribution in [3.8, 4) is 0 Å². The smallest absolute Gasteiger partial charge is 0.133 e. The van der Waals surface area contributed by atoms with Gasteiger partial charge in [-0.05, 0) is 43.5 Å². The van der Waals surface area contributed by atoms with E-state index in [2.05, 4.69) is 35.0 Å². The topological polar surface area (TPSA) is 16.1 Å². The lowest BCUT2D eigenvalue weighted by Gasteiger charge is -2.30. The molecule has 3 rings (SSSR count). The van der Waals surface area contributed by atoms with E-state index < -0.39 is 0 Å². The monoisotopic (exact) mass is 258 g/mol. The molecule has 1 aliphatic rings. The standard InChI is InChI=1S/C15H15ClN2/c1-11-4-6-14-12(9-11)3-2-8-18(14)15-7-5-13(16)10-17-15/h4-7,9-10H,2-3,8H2,1H3. The first-order valence-electron chi connectivity index (χ1n) is 6.23. The minimum atomic E-state index is 0.680. The second kappa shape index (κ2) is 4.62. The number of pyridine rings is 1. The highest BCUT2D eigenvalue weighted by molar-refractivity contribution is 6.30. The quantitative estimate of drug-likeness (QED) is 0.765. The van der Waals surface area contributed by atoms with Gasteiger partial charge in [-0.1, -0.05) is 29.3 Å². The number of hydrogen-bond acceptors (Lipinski definition) is 2. The van der Waals surface area contributed by atoms with Gasteiger partial charge in [-0.3, -0.25) is 0 Å². The molecule has 0 radical (unpaired) electrons. The Bertz CT molecular complexity index is 563. The van der Waals surface area contributed by atoms with E-state index in [9.17, 15) is 0 Å². The molecule has 1 aliphatic heterocycles. The van der Waals surface area contributed by atoms with Gasteiger partial charge in [0.05, 0.1) is 5.02 Å². The summed E-state index contributed by atoms with van der Waals surface area (Å²) in [6.45, 7) is 3.16. The number of hydrogen-bond donors (Lipinski definition) is 0. The van der Waals surface area contributed by atoms with Crippen LogP contribution < -0.4 is 4.90 Å². The van der Waals surface area contributed by atoms with Crippen LogP contribution in [0.4, 0.5) is 11.5 Å². The van der Waals surface area contributed by atoms with Gasteiger partial charge in [0.2, 0.25) is 0 Å². The van der Waals surface area contributed by atoms with Gasteiger partial charge < -0.3 is 4.90 Å². The molecule has 3 heteroatoms. The van der Waals surface area contributed by atoms with E-state index in [0.717, 1.165) is 18.8 Å². The number of anilines is 2. The van der Waals surface area contributed by atoms with Gasteiger partial charge in [-0.25, -0.2) is 4.98 Å². The number of rotatable bonds is 1. The predicted molar refractivity (Wildman–Crippen MR) is 75.8 cm³/mol. The van der Waals surface area contributed by atoms with Gasteiger partial charge in [0, 0.05) is 18.4 Å². The maximum Gasteiger partial charge on any atom is 0.133 e. The van der Waals surface area contributed by atoms with Crippen molar-refractivity contribution >= 4 is 23.1 Å². The zero-order valence-corrected chi connectivity index (χ0v) is 11.1. The molecular formula is C15H15ClN2. The van der Waals surface area contributed by atoms with Crippen LogP contribution in [-0.4, -0.2) is 11.5 Å². The molecular weight excluding hydrogens is 244 g/mol. The average Bonchev–Trinajstić information content (AvgIpc) is 2.38. The minimum absolute atomic E-state index is 0.680. The van der Waals surface area contributed by atoms with E-state index in [-0.39, 0.29) is 0 Å². The molecule has 1 aromatic carbocycles. The molecule has 0 amide bonds. The number of aromatic nitrogens is 1. The highest BCUT2D eigenvalue weighted by Crippen LogP contribution is 2.33. The molecule has 0 atom stereocenters. The molecule has 0 fully saturated rings. The van der Waals surface area contributed by atoms with Crippen LogP contribution in [0.5, 0.6) is 0 Å². The molecule has 0 N–H and O–H groups in total. The Labute approximate surface area is 112 Å². The molecule has 2 heterocycles. The van der Waals surface area contributed by atoms with Crippen LogP contribution in [0.2, 0.25) is 5.02 Å². The highest BCUT2D eigenvalue weighted by atomic mass is 35.5. The third-order valence-electron chi connectivity index (χ3n) is 3.34. The molecule has 92 valence electrons. The highest BCUT2D eigenvalue weighted by Gasteiger charge is 2.18. The van der Waals surface area contributed by atoms with Crippen molar-refractivity contribution in [2.24, 2.45) is 0 Å². The summed E-state index contributed by atoms with van der Waals surface area (Å²) in [5, 5.41) is 0.680. The minimum Gasteiger partial charge on any atom is -0.326 e. The van der Waals surface area contributed by atoms with Crippen LogP contribution in [-0.2, 0) is 6.42 Å². The van der Waals surface area contributed by atoms with Crippen LogP contribution in [0, 0.1) is 6.92 Å². The van der Waals surface area contributed by atoms with Crippen LogP contribution in [0.3, 0.4) is 0 Å². The summed E-state index contributed by atoms with van der Waals surface area (Å²) in [6, 6.07) is 10.5. The maximum atomic E-state index is 5.89. The van der Waals surface area contributed by atoms with Gasteiger partial charge in [0.15, 0.2) is 0 Å². The SMILES string of the molecule is Cc1ccc2c(c1)CCCN2c1ccc(Cl)cn1. The van der Waals surface area contributed by atoms with Crippen LogP contribution in [0.15, 0.2) is 36.5 Å². The van der Waals surface area contributed by atoms with Crippen molar-refractivity contribution in [1.82, 2.24) is 4.98 Å². The Hall–Kier alpha value is -1.54. The third-order valence-corrected chi connectivity index (χ3v) is 3.57. The van der Waals surface area contributed by atoms with Crippen molar-refractivity contribution < 1.29 is 0 Å². The maximum absolute atomic E-state index is 5.89. The number of nitrogens with zero attached hydrogens (tertiary/aromatic N) is 2. The summed E-state index contributed by atoms with van der Waals surface area (Å²) in [5.41, 5.74) is 4.01. The Morgan fingerprint density at radius 1 is 1.22 bits per heavy atom. The first-order chi connectivity index (χ1) is 8.74. The van der Waals surface area contributed by atoms with Crippen LogP contribution >= 0.6 is 11.6 Å².